The largest absolute Gasteiger partial charge is 0.495 e. The molecule has 0 bridgehead atoms. The first kappa shape index (κ1) is 25.8. The van der Waals surface area contributed by atoms with E-state index in [2.05, 4.69) is 16.0 Å². The minimum absolute atomic E-state index is 0.101. The fourth-order valence-electron chi connectivity index (χ4n) is 2.96. The zero-order valence-electron chi connectivity index (χ0n) is 19.5. The molecule has 0 fully saturated rings. The van der Waals surface area contributed by atoms with Crippen LogP contribution in [0.2, 0.25) is 0 Å². The molecule has 9 nitrogen and oxygen atoms in total. The molecule has 2 aromatic rings. The number of hydrogen-bond donors (Lipinski definition) is 3. The van der Waals surface area contributed by atoms with Gasteiger partial charge in [-0.1, -0.05) is 12.1 Å². The van der Waals surface area contributed by atoms with Crippen LogP contribution in [-0.2, 0) is 14.3 Å². The van der Waals surface area contributed by atoms with Gasteiger partial charge in [0.25, 0.3) is 5.91 Å². The summed E-state index contributed by atoms with van der Waals surface area (Å²) >= 11 is 0. The Labute approximate surface area is 194 Å². The quantitative estimate of drug-likeness (QED) is 0.423. The number of rotatable bonds is 12. The fraction of sp³-hybridized carbons (Fsp3) is 0.375. The number of nitrogens with zero attached hydrogens (tertiary/aromatic N) is 1. The standard InChI is InChI=1S/C24H32N4O5/c1-17(28(2)16-22(29)25-14-7-15-32-3)23(30)26-19-12-10-18(11-13-19)24(31)27-20-8-5-6-9-21(20)33-4/h5-6,8-13,17H,7,14-16H2,1-4H3,(H,25,29)(H,26,30)(H,27,31). The van der Waals surface area contributed by atoms with Crippen molar-refractivity contribution in [2.75, 3.05) is 51.6 Å². The number of amides is 3. The second-order valence-electron chi connectivity index (χ2n) is 7.51. The predicted molar refractivity (Wildman–Crippen MR) is 128 cm³/mol. The van der Waals surface area contributed by atoms with E-state index in [1.54, 1.807) is 68.4 Å². The maximum atomic E-state index is 12.6. The van der Waals surface area contributed by atoms with Crippen molar-refractivity contribution in [2.24, 2.45) is 0 Å². The average Bonchev–Trinajstić information content (AvgIpc) is 2.82. The molecular formula is C24H32N4O5. The molecule has 0 aliphatic heterocycles. The normalized spacial score (nSPS) is 11.5. The van der Waals surface area contributed by atoms with E-state index in [1.165, 1.54) is 7.11 Å². The van der Waals surface area contributed by atoms with E-state index in [4.69, 9.17) is 9.47 Å². The van der Waals surface area contributed by atoms with Gasteiger partial charge < -0.3 is 25.4 Å². The molecule has 0 saturated carbocycles. The van der Waals surface area contributed by atoms with Crippen molar-refractivity contribution < 1.29 is 23.9 Å². The van der Waals surface area contributed by atoms with Crippen molar-refractivity contribution in [3.05, 3.63) is 54.1 Å². The minimum atomic E-state index is -0.525. The molecule has 9 heteroatoms. The first-order chi connectivity index (χ1) is 15.8. The molecule has 1 unspecified atom stereocenters. The molecular weight excluding hydrogens is 424 g/mol. The first-order valence-corrected chi connectivity index (χ1v) is 10.7. The zero-order chi connectivity index (χ0) is 24.2. The van der Waals surface area contributed by atoms with Crippen LogP contribution in [0.25, 0.3) is 0 Å². The lowest BCUT2D eigenvalue weighted by Gasteiger charge is -2.23. The number of nitrogens with one attached hydrogen (secondary N) is 3. The molecule has 1 atom stereocenters. The SMILES string of the molecule is COCCCNC(=O)CN(C)C(C)C(=O)Nc1ccc(C(=O)Nc2ccccc2OC)cc1. The van der Waals surface area contributed by atoms with Gasteiger partial charge in [-0.05, 0) is 56.8 Å². The van der Waals surface area contributed by atoms with Gasteiger partial charge in [0.2, 0.25) is 11.8 Å². The van der Waals surface area contributed by atoms with Crippen LogP contribution < -0.4 is 20.7 Å². The fourth-order valence-corrected chi connectivity index (χ4v) is 2.96. The van der Waals surface area contributed by atoms with Crippen LogP contribution in [-0.4, -0.2) is 69.6 Å². The van der Waals surface area contributed by atoms with E-state index < -0.39 is 6.04 Å². The Morgan fingerprint density at radius 3 is 2.36 bits per heavy atom. The number of ether oxygens (including phenoxy) is 2. The number of anilines is 2. The molecule has 33 heavy (non-hydrogen) atoms. The van der Waals surface area contributed by atoms with E-state index in [0.29, 0.717) is 35.8 Å². The molecule has 0 spiro atoms. The summed E-state index contributed by atoms with van der Waals surface area (Å²) in [5.74, 6) is -0.131. The molecule has 0 aromatic heterocycles. The molecule has 0 saturated heterocycles. The van der Waals surface area contributed by atoms with E-state index in [1.807, 2.05) is 6.07 Å². The Bertz CT molecular complexity index is 933. The first-order valence-electron chi connectivity index (χ1n) is 10.7. The number of para-hydroxylation sites is 2. The van der Waals surface area contributed by atoms with E-state index in [9.17, 15) is 14.4 Å². The highest BCUT2D eigenvalue weighted by Gasteiger charge is 2.20. The molecule has 3 amide bonds. The van der Waals surface area contributed by atoms with E-state index in [0.717, 1.165) is 6.42 Å². The molecule has 0 aliphatic rings. The van der Waals surface area contributed by atoms with Crippen molar-refractivity contribution in [1.29, 1.82) is 0 Å². The van der Waals surface area contributed by atoms with Gasteiger partial charge in [-0.3, -0.25) is 19.3 Å². The molecule has 3 N–H and O–H groups in total. The van der Waals surface area contributed by atoms with Crippen molar-refractivity contribution in [2.45, 2.75) is 19.4 Å². The summed E-state index contributed by atoms with van der Waals surface area (Å²) in [6.07, 6.45) is 0.731. The lowest BCUT2D eigenvalue weighted by atomic mass is 10.1. The van der Waals surface area contributed by atoms with E-state index in [-0.39, 0.29) is 24.3 Å². The van der Waals surface area contributed by atoms with Crippen LogP contribution in [0.5, 0.6) is 5.75 Å². The van der Waals surface area contributed by atoms with Crippen molar-refractivity contribution >= 4 is 29.1 Å². The van der Waals surface area contributed by atoms with Crippen LogP contribution in [0.4, 0.5) is 11.4 Å². The van der Waals surface area contributed by atoms with Gasteiger partial charge in [0.05, 0.1) is 25.4 Å². The summed E-state index contributed by atoms with van der Waals surface area (Å²) in [5.41, 5.74) is 1.56. The van der Waals surface area contributed by atoms with Crippen LogP contribution in [0, 0.1) is 0 Å². The van der Waals surface area contributed by atoms with Crippen molar-refractivity contribution in [3.8, 4) is 5.75 Å². The Kier molecular flexibility index (Phi) is 10.3. The summed E-state index contributed by atoms with van der Waals surface area (Å²) in [5, 5.41) is 8.41. The Hall–Kier alpha value is -3.43. The van der Waals surface area contributed by atoms with Crippen LogP contribution >= 0.6 is 0 Å². The molecule has 2 rings (SSSR count). The van der Waals surface area contributed by atoms with Gasteiger partial charge in [0, 0.05) is 31.5 Å². The molecule has 2 aromatic carbocycles. The molecule has 0 radical (unpaired) electrons. The zero-order valence-corrected chi connectivity index (χ0v) is 19.5. The topological polar surface area (TPSA) is 109 Å². The molecule has 178 valence electrons. The third-order valence-electron chi connectivity index (χ3n) is 5.05. The number of benzene rings is 2. The summed E-state index contributed by atoms with van der Waals surface area (Å²) < 4.78 is 10.2. The highest BCUT2D eigenvalue weighted by Crippen LogP contribution is 2.23. The number of hydrogen-bond acceptors (Lipinski definition) is 6. The number of methoxy groups -OCH3 is 2. The third kappa shape index (κ3) is 8.21. The van der Waals surface area contributed by atoms with Gasteiger partial charge in [0.1, 0.15) is 5.75 Å². The van der Waals surface area contributed by atoms with Crippen LogP contribution in [0.3, 0.4) is 0 Å². The summed E-state index contributed by atoms with van der Waals surface area (Å²) in [4.78, 5) is 38.8. The lowest BCUT2D eigenvalue weighted by Crippen LogP contribution is -2.45. The van der Waals surface area contributed by atoms with E-state index >= 15 is 0 Å². The Morgan fingerprint density at radius 2 is 1.70 bits per heavy atom. The number of likely N-dealkylation sites (N-methyl/N-ethyl adjacent to an activating group) is 1. The predicted octanol–water partition coefficient (Wildman–Crippen LogP) is 2.36. The second kappa shape index (κ2) is 13.2. The molecule has 0 heterocycles. The number of carbonyl (C=O) groups is 3. The van der Waals surface area contributed by atoms with Gasteiger partial charge in [0.15, 0.2) is 0 Å². The molecule has 0 aliphatic carbocycles. The maximum absolute atomic E-state index is 12.6. The number of carbonyl (C=O) groups excluding carboxylic acids is 3. The third-order valence-corrected chi connectivity index (χ3v) is 5.05. The van der Waals surface area contributed by atoms with Gasteiger partial charge in [-0.15, -0.1) is 0 Å². The minimum Gasteiger partial charge on any atom is -0.495 e. The highest BCUT2D eigenvalue weighted by atomic mass is 16.5. The van der Waals surface area contributed by atoms with Gasteiger partial charge in [-0.25, -0.2) is 0 Å². The van der Waals surface area contributed by atoms with Crippen LogP contribution in [0.1, 0.15) is 23.7 Å². The monoisotopic (exact) mass is 456 g/mol. The van der Waals surface area contributed by atoms with Gasteiger partial charge in [-0.2, -0.15) is 0 Å². The average molecular weight is 457 g/mol. The summed E-state index contributed by atoms with van der Waals surface area (Å²) in [6, 6.07) is 13.2. The highest BCUT2D eigenvalue weighted by molar-refractivity contribution is 6.05. The summed E-state index contributed by atoms with van der Waals surface area (Å²) in [6.45, 7) is 2.93. The summed E-state index contributed by atoms with van der Waals surface area (Å²) in [7, 11) is 4.86. The smallest absolute Gasteiger partial charge is 0.255 e. The Balaban J connectivity index is 1.87. The Morgan fingerprint density at radius 1 is 1.00 bits per heavy atom. The van der Waals surface area contributed by atoms with Crippen molar-refractivity contribution in [3.63, 3.8) is 0 Å². The lowest BCUT2D eigenvalue weighted by molar-refractivity contribution is -0.124. The van der Waals surface area contributed by atoms with Gasteiger partial charge >= 0.3 is 0 Å². The maximum Gasteiger partial charge on any atom is 0.255 e. The van der Waals surface area contributed by atoms with Crippen LogP contribution in [0.15, 0.2) is 48.5 Å². The second-order valence-corrected chi connectivity index (χ2v) is 7.51. The van der Waals surface area contributed by atoms with Crippen molar-refractivity contribution in [1.82, 2.24) is 10.2 Å².